The fourth-order valence-corrected chi connectivity index (χ4v) is 2.94. The summed E-state index contributed by atoms with van der Waals surface area (Å²) < 4.78 is 13.0. The molecular formula is C15H24FN3O. The number of aliphatic hydroxyl groups is 1. The molecule has 2 rings (SSSR count). The maximum Gasteiger partial charge on any atom is 0.141 e. The lowest BCUT2D eigenvalue weighted by molar-refractivity contribution is 0.134. The Balaban J connectivity index is 2.08. The van der Waals surface area contributed by atoms with Gasteiger partial charge < -0.3 is 10.4 Å². The van der Waals surface area contributed by atoms with Crippen molar-refractivity contribution < 1.29 is 9.50 Å². The van der Waals surface area contributed by atoms with E-state index in [9.17, 15) is 9.50 Å². The third-order valence-corrected chi connectivity index (χ3v) is 3.92. The van der Waals surface area contributed by atoms with Gasteiger partial charge in [0.15, 0.2) is 0 Å². The Kier molecular flexibility index (Phi) is 5.88. The fourth-order valence-electron chi connectivity index (χ4n) is 2.94. The van der Waals surface area contributed by atoms with Gasteiger partial charge in [0.05, 0.1) is 24.5 Å². The highest BCUT2D eigenvalue weighted by Gasteiger charge is 2.24. The van der Waals surface area contributed by atoms with Crippen molar-refractivity contribution in [2.24, 2.45) is 0 Å². The molecule has 1 aliphatic rings. The van der Waals surface area contributed by atoms with Gasteiger partial charge in [0.1, 0.15) is 5.82 Å². The molecule has 0 bridgehead atoms. The first kappa shape index (κ1) is 15.4. The average Bonchev–Trinajstić information content (AvgIpc) is 2.95. The average molecular weight is 281 g/mol. The van der Waals surface area contributed by atoms with Gasteiger partial charge in [-0.05, 0) is 37.9 Å². The van der Waals surface area contributed by atoms with Crippen LogP contribution < -0.4 is 5.32 Å². The number of halogens is 1. The van der Waals surface area contributed by atoms with Gasteiger partial charge in [-0.2, -0.15) is 0 Å². The second-order valence-corrected chi connectivity index (χ2v) is 5.34. The molecule has 4 nitrogen and oxygen atoms in total. The van der Waals surface area contributed by atoms with Crippen LogP contribution in [0.15, 0.2) is 18.3 Å². The Morgan fingerprint density at radius 1 is 1.55 bits per heavy atom. The van der Waals surface area contributed by atoms with Crippen LogP contribution in [0.25, 0.3) is 0 Å². The molecule has 0 spiro atoms. The monoisotopic (exact) mass is 281 g/mol. The Morgan fingerprint density at radius 3 is 2.95 bits per heavy atom. The van der Waals surface area contributed by atoms with Crippen molar-refractivity contribution in [1.29, 1.82) is 0 Å². The molecule has 2 atom stereocenters. The molecule has 1 aliphatic heterocycles. The lowest BCUT2D eigenvalue weighted by Crippen LogP contribution is -2.41. The van der Waals surface area contributed by atoms with E-state index >= 15 is 0 Å². The first-order valence-electron chi connectivity index (χ1n) is 7.44. The third kappa shape index (κ3) is 3.98. The third-order valence-electron chi connectivity index (χ3n) is 3.92. The lowest BCUT2D eigenvalue weighted by Gasteiger charge is -2.32. The van der Waals surface area contributed by atoms with Crippen LogP contribution >= 0.6 is 0 Å². The maximum absolute atomic E-state index is 13.0. The van der Waals surface area contributed by atoms with Crippen molar-refractivity contribution >= 4 is 0 Å². The molecule has 0 saturated carbocycles. The molecule has 2 unspecified atom stereocenters. The van der Waals surface area contributed by atoms with Crippen LogP contribution in [0.1, 0.15) is 37.9 Å². The van der Waals surface area contributed by atoms with Gasteiger partial charge in [0.2, 0.25) is 0 Å². The zero-order valence-electron chi connectivity index (χ0n) is 12.1. The van der Waals surface area contributed by atoms with Crippen molar-refractivity contribution in [2.75, 3.05) is 26.2 Å². The number of pyridine rings is 1. The summed E-state index contributed by atoms with van der Waals surface area (Å²) in [5.74, 6) is -0.310. The van der Waals surface area contributed by atoms with E-state index in [1.165, 1.54) is 25.1 Å². The minimum absolute atomic E-state index is 0.129. The molecule has 1 saturated heterocycles. The van der Waals surface area contributed by atoms with Crippen LogP contribution in [0.4, 0.5) is 4.39 Å². The molecule has 20 heavy (non-hydrogen) atoms. The smallest absolute Gasteiger partial charge is 0.141 e. The van der Waals surface area contributed by atoms with Gasteiger partial charge in [0, 0.05) is 19.1 Å². The van der Waals surface area contributed by atoms with Gasteiger partial charge in [-0.1, -0.05) is 6.92 Å². The molecule has 0 radical (unpaired) electrons. The zero-order chi connectivity index (χ0) is 14.4. The normalized spacial score (nSPS) is 20.5. The van der Waals surface area contributed by atoms with Crippen LogP contribution in [0.3, 0.4) is 0 Å². The van der Waals surface area contributed by atoms with Gasteiger partial charge in [-0.15, -0.1) is 0 Å². The second-order valence-electron chi connectivity index (χ2n) is 5.34. The number of aliphatic hydroxyl groups excluding tert-OH is 1. The molecule has 112 valence electrons. The predicted molar refractivity (Wildman–Crippen MR) is 76.9 cm³/mol. The van der Waals surface area contributed by atoms with Crippen LogP contribution in [-0.4, -0.2) is 47.3 Å². The quantitative estimate of drug-likeness (QED) is 0.799. The summed E-state index contributed by atoms with van der Waals surface area (Å²) >= 11 is 0. The van der Waals surface area contributed by atoms with E-state index in [0.29, 0.717) is 12.6 Å². The fraction of sp³-hybridized carbons (Fsp3) is 0.667. The Labute approximate surface area is 120 Å². The first-order chi connectivity index (χ1) is 9.74. The number of rotatable bonds is 7. The van der Waals surface area contributed by atoms with Gasteiger partial charge >= 0.3 is 0 Å². The summed E-state index contributed by atoms with van der Waals surface area (Å²) in [5, 5.41) is 12.8. The molecule has 2 N–H and O–H groups in total. The Morgan fingerprint density at radius 2 is 2.40 bits per heavy atom. The summed E-state index contributed by atoms with van der Waals surface area (Å²) in [4.78, 5) is 6.46. The highest BCUT2D eigenvalue weighted by molar-refractivity contribution is 5.10. The summed E-state index contributed by atoms with van der Waals surface area (Å²) in [6.07, 6.45) is 4.55. The van der Waals surface area contributed by atoms with Crippen LogP contribution in [0, 0.1) is 5.82 Å². The number of aromatic nitrogens is 1. The van der Waals surface area contributed by atoms with Crippen molar-refractivity contribution in [3.05, 3.63) is 29.8 Å². The van der Waals surface area contributed by atoms with Crippen LogP contribution in [0.2, 0.25) is 0 Å². The molecule has 0 amide bonds. The molecule has 1 fully saturated rings. The van der Waals surface area contributed by atoms with Crippen LogP contribution in [0.5, 0.6) is 0 Å². The van der Waals surface area contributed by atoms with E-state index in [0.717, 1.165) is 25.2 Å². The molecule has 1 aromatic heterocycles. The highest BCUT2D eigenvalue weighted by Crippen LogP contribution is 2.23. The van der Waals surface area contributed by atoms with E-state index in [4.69, 9.17) is 0 Å². The van der Waals surface area contributed by atoms with Crippen molar-refractivity contribution in [1.82, 2.24) is 15.2 Å². The molecule has 1 aromatic rings. The molecule has 0 aliphatic carbocycles. The first-order valence-corrected chi connectivity index (χ1v) is 7.44. The highest BCUT2D eigenvalue weighted by atomic mass is 19.1. The summed E-state index contributed by atoms with van der Waals surface area (Å²) in [6.45, 7) is 4.82. The largest absolute Gasteiger partial charge is 0.395 e. The summed E-state index contributed by atoms with van der Waals surface area (Å²) in [7, 11) is 0. The number of nitrogens with one attached hydrogen (secondary N) is 1. The minimum atomic E-state index is -0.310. The van der Waals surface area contributed by atoms with E-state index in [1.807, 2.05) is 0 Å². The number of hydrogen-bond donors (Lipinski definition) is 2. The number of nitrogens with zero attached hydrogens (tertiary/aromatic N) is 2. The zero-order valence-corrected chi connectivity index (χ0v) is 12.1. The molecule has 5 heteroatoms. The van der Waals surface area contributed by atoms with E-state index < -0.39 is 0 Å². The molecule has 2 heterocycles. The SMILES string of the molecule is CCC(c1ccc(F)cn1)N(CCO)CC1CCCN1. The van der Waals surface area contributed by atoms with Crippen molar-refractivity contribution in [3.63, 3.8) is 0 Å². The van der Waals surface area contributed by atoms with Gasteiger partial charge in [0.25, 0.3) is 0 Å². The van der Waals surface area contributed by atoms with E-state index in [1.54, 1.807) is 6.07 Å². The second kappa shape index (κ2) is 7.67. The van der Waals surface area contributed by atoms with Crippen molar-refractivity contribution in [3.8, 4) is 0 Å². The van der Waals surface area contributed by atoms with Crippen molar-refractivity contribution in [2.45, 2.75) is 38.3 Å². The molecular weight excluding hydrogens is 257 g/mol. The van der Waals surface area contributed by atoms with E-state index in [-0.39, 0.29) is 18.5 Å². The summed E-state index contributed by atoms with van der Waals surface area (Å²) in [6, 6.07) is 3.81. The minimum Gasteiger partial charge on any atom is -0.395 e. The Hall–Kier alpha value is -1.04. The van der Waals surface area contributed by atoms with Gasteiger partial charge in [-0.25, -0.2) is 4.39 Å². The Bertz CT molecular complexity index is 393. The summed E-state index contributed by atoms with van der Waals surface area (Å²) in [5.41, 5.74) is 0.875. The lowest BCUT2D eigenvalue weighted by atomic mass is 10.1. The predicted octanol–water partition coefficient (Wildman–Crippen LogP) is 1.72. The van der Waals surface area contributed by atoms with E-state index in [2.05, 4.69) is 22.1 Å². The van der Waals surface area contributed by atoms with Gasteiger partial charge in [-0.3, -0.25) is 9.88 Å². The standard InChI is InChI=1S/C15H24FN3O/c1-2-15(14-6-5-12(16)10-18-14)19(8-9-20)11-13-4-3-7-17-13/h5-6,10,13,15,17,20H,2-4,7-9,11H2,1H3. The topological polar surface area (TPSA) is 48.4 Å². The number of hydrogen-bond acceptors (Lipinski definition) is 4. The van der Waals surface area contributed by atoms with Crippen LogP contribution in [-0.2, 0) is 0 Å². The maximum atomic E-state index is 13.0. The molecule has 0 aromatic carbocycles.